The van der Waals surface area contributed by atoms with Crippen LogP contribution in [-0.2, 0) is 4.79 Å². The number of hydrogen-bond donors (Lipinski definition) is 1. The monoisotopic (exact) mass is 217 g/mol. The van der Waals surface area contributed by atoms with Crippen LogP contribution in [0.15, 0.2) is 30.3 Å². The third kappa shape index (κ3) is 3.09. The van der Waals surface area contributed by atoms with E-state index in [4.69, 9.17) is 0 Å². The van der Waals surface area contributed by atoms with Gasteiger partial charge in [0.05, 0.1) is 0 Å². The number of nitrogens with one attached hydrogen (secondary N) is 1. The summed E-state index contributed by atoms with van der Waals surface area (Å²) in [6, 6.07) is 10.8. The standard InChI is InChI=1S/C14H19NO/c1-2-11(12-6-4-3-5-7-12)10-14(16)15-13-8-9-13/h3-7,11,13H,2,8-10H2,1H3,(H,15,16). The van der Waals surface area contributed by atoms with Gasteiger partial charge in [0.25, 0.3) is 0 Å². The molecule has 0 aromatic heterocycles. The van der Waals surface area contributed by atoms with Crippen LogP contribution >= 0.6 is 0 Å². The molecule has 1 unspecified atom stereocenters. The fourth-order valence-electron chi connectivity index (χ4n) is 1.96. The number of carbonyl (C=O) groups excluding carboxylic acids is 1. The normalized spacial score (nSPS) is 16.8. The first-order valence-electron chi connectivity index (χ1n) is 6.14. The molecule has 1 aromatic rings. The van der Waals surface area contributed by atoms with Crippen LogP contribution in [0.2, 0.25) is 0 Å². The summed E-state index contributed by atoms with van der Waals surface area (Å²) in [7, 11) is 0. The molecule has 0 aliphatic heterocycles. The van der Waals surface area contributed by atoms with E-state index in [9.17, 15) is 4.79 Å². The first kappa shape index (κ1) is 11.2. The molecule has 2 nitrogen and oxygen atoms in total. The smallest absolute Gasteiger partial charge is 0.220 e. The Bertz CT molecular complexity index is 343. The average Bonchev–Trinajstić information content (AvgIpc) is 3.11. The minimum absolute atomic E-state index is 0.207. The van der Waals surface area contributed by atoms with Gasteiger partial charge in [0.15, 0.2) is 0 Å². The molecule has 1 aliphatic rings. The van der Waals surface area contributed by atoms with Crippen LogP contribution in [0.25, 0.3) is 0 Å². The Labute approximate surface area is 97.1 Å². The zero-order chi connectivity index (χ0) is 11.4. The summed E-state index contributed by atoms with van der Waals surface area (Å²) in [5.41, 5.74) is 1.27. The van der Waals surface area contributed by atoms with Crippen LogP contribution in [0, 0.1) is 0 Å². The molecule has 16 heavy (non-hydrogen) atoms. The largest absolute Gasteiger partial charge is 0.353 e. The molecule has 1 amide bonds. The van der Waals surface area contributed by atoms with E-state index in [-0.39, 0.29) is 5.91 Å². The van der Waals surface area contributed by atoms with Gasteiger partial charge in [0.2, 0.25) is 5.91 Å². The summed E-state index contributed by atoms with van der Waals surface area (Å²) in [6.07, 6.45) is 3.96. The summed E-state index contributed by atoms with van der Waals surface area (Å²) < 4.78 is 0. The van der Waals surface area contributed by atoms with E-state index in [1.807, 2.05) is 18.2 Å². The van der Waals surface area contributed by atoms with Gasteiger partial charge in [-0.25, -0.2) is 0 Å². The van der Waals surface area contributed by atoms with Gasteiger partial charge >= 0.3 is 0 Å². The minimum Gasteiger partial charge on any atom is -0.353 e. The van der Waals surface area contributed by atoms with Gasteiger partial charge in [-0.05, 0) is 30.7 Å². The molecule has 0 bridgehead atoms. The van der Waals surface area contributed by atoms with Crippen LogP contribution in [0.3, 0.4) is 0 Å². The van der Waals surface area contributed by atoms with E-state index in [2.05, 4.69) is 24.4 Å². The van der Waals surface area contributed by atoms with Crippen LogP contribution in [-0.4, -0.2) is 11.9 Å². The van der Waals surface area contributed by atoms with Gasteiger partial charge in [0.1, 0.15) is 0 Å². The van der Waals surface area contributed by atoms with Crippen molar-refractivity contribution in [2.75, 3.05) is 0 Å². The zero-order valence-corrected chi connectivity index (χ0v) is 9.78. The number of hydrogen-bond acceptors (Lipinski definition) is 1. The van der Waals surface area contributed by atoms with Crippen molar-refractivity contribution in [2.24, 2.45) is 0 Å². The number of amides is 1. The fraction of sp³-hybridized carbons (Fsp3) is 0.500. The molecule has 86 valence electrons. The maximum atomic E-state index is 11.7. The van der Waals surface area contributed by atoms with Gasteiger partial charge in [-0.3, -0.25) is 4.79 Å². The first-order chi connectivity index (χ1) is 7.79. The lowest BCUT2D eigenvalue weighted by Crippen LogP contribution is -2.26. The Morgan fingerprint density at radius 2 is 2.06 bits per heavy atom. The number of rotatable bonds is 5. The summed E-state index contributed by atoms with van der Waals surface area (Å²) in [5, 5.41) is 3.05. The quantitative estimate of drug-likeness (QED) is 0.807. The summed E-state index contributed by atoms with van der Waals surface area (Å²) >= 11 is 0. The van der Waals surface area contributed by atoms with Crippen molar-refractivity contribution < 1.29 is 4.79 Å². The number of benzene rings is 1. The Morgan fingerprint density at radius 3 is 2.62 bits per heavy atom. The highest BCUT2D eigenvalue weighted by Gasteiger charge is 2.24. The van der Waals surface area contributed by atoms with Crippen molar-refractivity contribution in [2.45, 2.75) is 44.6 Å². The Hall–Kier alpha value is -1.31. The van der Waals surface area contributed by atoms with Crippen LogP contribution in [0.5, 0.6) is 0 Å². The second-order valence-corrected chi connectivity index (χ2v) is 4.56. The Morgan fingerprint density at radius 1 is 1.38 bits per heavy atom. The topological polar surface area (TPSA) is 29.1 Å². The highest BCUT2D eigenvalue weighted by molar-refractivity contribution is 5.77. The lowest BCUT2D eigenvalue weighted by Gasteiger charge is -2.14. The lowest BCUT2D eigenvalue weighted by molar-refractivity contribution is -0.121. The summed E-state index contributed by atoms with van der Waals surface area (Å²) in [4.78, 5) is 11.7. The van der Waals surface area contributed by atoms with Gasteiger partial charge in [-0.15, -0.1) is 0 Å². The molecule has 1 fully saturated rings. The highest BCUT2D eigenvalue weighted by atomic mass is 16.1. The molecule has 1 N–H and O–H groups in total. The highest BCUT2D eigenvalue weighted by Crippen LogP contribution is 2.24. The van der Waals surface area contributed by atoms with E-state index in [1.165, 1.54) is 5.56 Å². The van der Waals surface area contributed by atoms with Crippen LogP contribution < -0.4 is 5.32 Å². The van der Waals surface area contributed by atoms with E-state index in [1.54, 1.807) is 0 Å². The maximum absolute atomic E-state index is 11.7. The van der Waals surface area contributed by atoms with Crippen molar-refractivity contribution >= 4 is 5.91 Å². The van der Waals surface area contributed by atoms with Crippen molar-refractivity contribution in [1.29, 1.82) is 0 Å². The molecule has 0 saturated heterocycles. The molecule has 0 radical (unpaired) electrons. The van der Waals surface area contributed by atoms with Crippen molar-refractivity contribution in [3.8, 4) is 0 Å². The summed E-state index contributed by atoms with van der Waals surface area (Å²) in [5.74, 6) is 0.568. The Kier molecular flexibility index (Phi) is 3.60. The predicted molar refractivity (Wildman–Crippen MR) is 65.3 cm³/mol. The first-order valence-corrected chi connectivity index (χ1v) is 6.14. The lowest BCUT2D eigenvalue weighted by atomic mass is 9.93. The van der Waals surface area contributed by atoms with E-state index in [0.717, 1.165) is 19.3 Å². The molecule has 1 saturated carbocycles. The molecular weight excluding hydrogens is 198 g/mol. The maximum Gasteiger partial charge on any atom is 0.220 e. The number of carbonyl (C=O) groups is 1. The minimum atomic E-state index is 0.207. The summed E-state index contributed by atoms with van der Waals surface area (Å²) in [6.45, 7) is 2.14. The van der Waals surface area contributed by atoms with Gasteiger partial charge in [-0.2, -0.15) is 0 Å². The van der Waals surface area contributed by atoms with Crippen LogP contribution in [0.4, 0.5) is 0 Å². The van der Waals surface area contributed by atoms with E-state index >= 15 is 0 Å². The SMILES string of the molecule is CCC(CC(=O)NC1CC1)c1ccccc1. The molecule has 2 rings (SSSR count). The van der Waals surface area contributed by atoms with E-state index in [0.29, 0.717) is 18.4 Å². The third-order valence-electron chi connectivity index (χ3n) is 3.14. The second-order valence-electron chi connectivity index (χ2n) is 4.56. The molecule has 0 spiro atoms. The molecule has 0 heterocycles. The van der Waals surface area contributed by atoms with E-state index < -0.39 is 0 Å². The van der Waals surface area contributed by atoms with Gasteiger partial charge in [0, 0.05) is 12.5 Å². The van der Waals surface area contributed by atoms with Gasteiger partial charge in [-0.1, -0.05) is 37.3 Å². The molecular formula is C14H19NO. The van der Waals surface area contributed by atoms with Gasteiger partial charge < -0.3 is 5.32 Å². The third-order valence-corrected chi connectivity index (χ3v) is 3.14. The predicted octanol–water partition coefficient (Wildman–Crippen LogP) is 2.85. The molecule has 2 heteroatoms. The van der Waals surface area contributed by atoms with Crippen LogP contribution in [0.1, 0.15) is 44.1 Å². The fourth-order valence-corrected chi connectivity index (χ4v) is 1.96. The molecule has 1 atom stereocenters. The Balaban J connectivity index is 1.91. The zero-order valence-electron chi connectivity index (χ0n) is 9.78. The second kappa shape index (κ2) is 5.15. The van der Waals surface area contributed by atoms with Crippen molar-refractivity contribution in [3.05, 3.63) is 35.9 Å². The van der Waals surface area contributed by atoms with Crippen molar-refractivity contribution in [3.63, 3.8) is 0 Å². The molecule has 1 aliphatic carbocycles. The van der Waals surface area contributed by atoms with Crippen molar-refractivity contribution in [1.82, 2.24) is 5.32 Å². The average molecular weight is 217 g/mol. The molecule has 1 aromatic carbocycles.